The summed E-state index contributed by atoms with van der Waals surface area (Å²) in [7, 11) is 0. The van der Waals surface area contributed by atoms with Crippen molar-refractivity contribution in [3.05, 3.63) is 58.1 Å². The van der Waals surface area contributed by atoms with Crippen molar-refractivity contribution in [3.8, 4) is 0 Å². The Labute approximate surface area is 120 Å². The second-order valence-electron chi connectivity index (χ2n) is 5.38. The molecule has 3 rings (SSSR count). The van der Waals surface area contributed by atoms with E-state index in [0.717, 1.165) is 19.0 Å². The van der Waals surface area contributed by atoms with Crippen molar-refractivity contribution in [1.82, 2.24) is 10.1 Å². The monoisotopic (exact) mass is 294 g/mol. The topological polar surface area (TPSA) is 47.2 Å². The van der Waals surface area contributed by atoms with Crippen molar-refractivity contribution in [1.29, 1.82) is 0 Å². The van der Waals surface area contributed by atoms with Crippen LogP contribution in [0.2, 0.25) is 0 Å². The maximum absolute atomic E-state index is 13.2. The van der Waals surface area contributed by atoms with E-state index in [2.05, 4.69) is 5.32 Å². The maximum Gasteiger partial charge on any atom is 0.282 e. The molecule has 0 amide bonds. The largest absolute Gasteiger partial charge is 0.384 e. The van der Waals surface area contributed by atoms with E-state index in [1.807, 2.05) is 0 Å². The summed E-state index contributed by atoms with van der Waals surface area (Å²) in [6.45, 7) is 0.736. The molecule has 0 saturated carbocycles. The number of hydrogen-bond acceptors (Lipinski definition) is 3. The fraction of sp³-hybridized carbons (Fsp3) is 0.400. The van der Waals surface area contributed by atoms with E-state index in [-0.39, 0.29) is 17.6 Å². The predicted octanol–water partition coefficient (Wildman–Crippen LogP) is 2.26. The molecular formula is C15H16F2N2O2. The van der Waals surface area contributed by atoms with Crippen molar-refractivity contribution < 1.29 is 13.3 Å². The van der Waals surface area contributed by atoms with Gasteiger partial charge in [0.15, 0.2) is 0 Å². The average Bonchev–Trinajstić information content (AvgIpc) is 2.84. The van der Waals surface area contributed by atoms with E-state index in [0.29, 0.717) is 18.4 Å². The van der Waals surface area contributed by atoms with Gasteiger partial charge in [-0.15, -0.1) is 0 Å². The molecule has 21 heavy (non-hydrogen) atoms. The molecule has 6 heteroatoms. The number of aromatic nitrogens is 1. The van der Waals surface area contributed by atoms with Gasteiger partial charge < -0.3 is 9.84 Å². The first-order valence-electron chi connectivity index (χ1n) is 6.97. The molecule has 2 aromatic rings. The van der Waals surface area contributed by atoms with Crippen LogP contribution in [0.15, 0.2) is 39.8 Å². The van der Waals surface area contributed by atoms with Gasteiger partial charge in [-0.05, 0) is 43.5 Å². The van der Waals surface area contributed by atoms with Gasteiger partial charge in [0.1, 0.15) is 17.9 Å². The zero-order valence-electron chi connectivity index (χ0n) is 11.4. The number of halogens is 2. The zero-order chi connectivity index (χ0) is 14.8. The van der Waals surface area contributed by atoms with Crippen LogP contribution in [0, 0.1) is 11.6 Å². The Morgan fingerprint density at radius 2 is 2.05 bits per heavy atom. The summed E-state index contributed by atoms with van der Waals surface area (Å²) in [5.41, 5.74) is 0.454. The Morgan fingerprint density at radius 3 is 2.71 bits per heavy atom. The van der Waals surface area contributed by atoms with E-state index in [1.54, 1.807) is 0 Å². The molecule has 1 fully saturated rings. The summed E-state index contributed by atoms with van der Waals surface area (Å²) in [4.78, 5) is 11.6. The van der Waals surface area contributed by atoms with Crippen LogP contribution in [0.1, 0.15) is 24.4 Å². The average molecular weight is 294 g/mol. The summed E-state index contributed by atoms with van der Waals surface area (Å²) in [5, 5.41) is 3.32. The standard InChI is InChI=1S/C15H16F2N2O2/c16-11-5-10(6-12(17)8-11)7-13-9-14(1-3-18-13)19-15(20)2-4-21-19/h2,4-6,8,13-14,18H,1,3,7,9H2/t13-,14+/m1/s1. The maximum atomic E-state index is 13.2. The summed E-state index contributed by atoms with van der Waals surface area (Å²) >= 11 is 0. The Balaban J connectivity index is 1.71. The van der Waals surface area contributed by atoms with Crippen LogP contribution >= 0.6 is 0 Å². The summed E-state index contributed by atoms with van der Waals surface area (Å²) in [6.07, 6.45) is 3.37. The van der Waals surface area contributed by atoms with Crippen molar-refractivity contribution in [3.63, 3.8) is 0 Å². The molecule has 112 valence electrons. The molecule has 1 aliphatic rings. The van der Waals surface area contributed by atoms with Gasteiger partial charge >= 0.3 is 0 Å². The first kappa shape index (κ1) is 14.0. The summed E-state index contributed by atoms with van der Waals surface area (Å²) in [5.74, 6) is -1.14. The minimum Gasteiger partial charge on any atom is -0.384 e. The van der Waals surface area contributed by atoms with Gasteiger partial charge in [0, 0.05) is 18.2 Å². The lowest BCUT2D eigenvalue weighted by atomic mass is 9.94. The second kappa shape index (κ2) is 5.81. The smallest absolute Gasteiger partial charge is 0.282 e. The number of rotatable bonds is 3. The lowest BCUT2D eigenvalue weighted by molar-refractivity contribution is 0.161. The predicted molar refractivity (Wildman–Crippen MR) is 73.1 cm³/mol. The van der Waals surface area contributed by atoms with Crippen molar-refractivity contribution >= 4 is 0 Å². The van der Waals surface area contributed by atoms with E-state index >= 15 is 0 Å². The van der Waals surface area contributed by atoms with Crippen molar-refractivity contribution in [2.75, 3.05) is 6.54 Å². The summed E-state index contributed by atoms with van der Waals surface area (Å²) in [6, 6.07) is 4.97. The van der Waals surface area contributed by atoms with Gasteiger partial charge in [-0.1, -0.05) is 0 Å². The first-order valence-corrected chi connectivity index (χ1v) is 6.97. The molecule has 2 atom stereocenters. The number of nitrogens with zero attached hydrogens (tertiary/aromatic N) is 1. The fourth-order valence-electron chi connectivity index (χ4n) is 2.91. The second-order valence-corrected chi connectivity index (χ2v) is 5.38. The van der Waals surface area contributed by atoms with Crippen molar-refractivity contribution in [2.24, 2.45) is 0 Å². The Hall–Kier alpha value is -1.95. The van der Waals surface area contributed by atoms with Crippen LogP contribution in [-0.4, -0.2) is 17.3 Å². The van der Waals surface area contributed by atoms with Crippen molar-refractivity contribution in [2.45, 2.75) is 31.3 Å². The van der Waals surface area contributed by atoms with E-state index in [4.69, 9.17) is 4.52 Å². The van der Waals surface area contributed by atoms with Gasteiger partial charge in [0.25, 0.3) is 5.56 Å². The van der Waals surface area contributed by atoms with Crippen LogP contribution in [0.3, 0.4) is 0 Å². The Kier molecular flexibility index (Phi) is 3.88. The van der Waals surface area contributed by atoms with Gasteiger partial charge in [0.05, 0.1) is 6.04 Å². The Bertz CT molecular complexity index is 660. The third-order valence-electron chi connectivity index (χ3n) is 3.81. The van der Waals surface area contributed by atoms with Crippen LogP contribution in [0.5, 0.6) is 0 Å². The molecule has 0 spiro atoms. The summed E-state index contributed by atoms with van der Waals surface area (Å²) < 4.78 is 33.0. The van der Waals surface area contributed by atoms with E-state index in [1.165, 1.54) is 29.2 Å². The molecule has 0 unspecified atom stereocenters. The highest BCUT2D eigenvalue weighted by molar-refractivity contribution is 5.19. The molecular weight excluding hydrogens is 278 g/mol. The molecule has 4 nitrogen and oxygen atoms in total. The highest BCUT2D eigenvalue weighted by Gasteiger charge is 2.25. The fourth-order valence-corrected chi connectivity index (χ4v) is 2.91. The molecule has 0 bridgehead atoms. The molecule has 1 N–H and O–H groups in total. The van der Waals surface area contributed by atoms with E-state index < -0.39 is 11.6 Å². The van der Waals surface area contributed by atoms with Crippen LogP contribution < -0.4 is 10.9 Å². The number of piperidine rings is 1. The highest BCUT2D eigenvalue weighted by atomic mass is 19.1. The molecule has 1 aromatic heterocycles. The van der Waals surface area contributed by atoms with E-state index in [9.17, 15) is 13.6 Å². The SMILES string of the molecule is O=c1ccon1[C@H]1CCN[C@H](Cc2cc(F)cc(F)c2)C1. The highest BCUT2D eigenvalue weighted by Crippen LogP contribution is 2.23. The third kappa shape index (κ3) is 3.21. The van der Waals surface area contributed by atoms with Crippen LogP contribution in [0.4, 0.5) is 8.78 Å². The minimum atomic E-state index is -0.570. The normalized spacial score (nSPS) is 22.4. The zero-order valence-corrected chi connectivity index (χ0v) is 11.4. The molecule has 1 saturated heterocycles. The molecule has 2 heterocycles. The molecule has 1 aliphatic heterocycles. The quantitative estimate of drug-likeness (QED) is 0.944. The third-order valence-corrected chi connectivity index (χ3v) is 3.81. The Morgan fingerprint density at radius 1 is 1.29 bits per heavy atom. The van der Waals surface area contributed by atoms with Gasteiger partial charge in [0.2, 0.25) is 0 Å². The van der Waals surface area contributed by atoms with Crippen LogP contribution in [0.25, 0.3) is 0 Å². The minimum absolute atomic E-state index is 0.0165. The molecule has 0 radical (unpaired) electrons. The first-order chi connectivity index (χ1) is 10.1. The van der Waals surface area contributed by atoms with Gasteiger partial charge in [-0.2, -0.15) is 4.74 Å². The molecule has 0 aliphatic carbocycles. The number of nitrogens with one attached hydrogen (secondary N) is 1. The number of benzene rings is 1. The lowest BCUT2D eigenvalue weighted by Gasteiger charge is -2.29. The van der Waals surface area contributed by atoms with Gasteiger partial charge in [-0.25, -0.2) is 8.78 Å². The molecule has 1 aromatic carbocycles. The van der Waals surface area contributed by atoms with Gasteiger partial charge in [-0.3, -0.25) is 4.79 Å². The lowest BCUT2D eigenvalue weighted by Crippen LogP contribution is -2.41. The number of hydrogen-bond donors (Lipinski definition) is 1. The van der Waals surface area contributed by atoms with Crippen LogP contribution in [-0.2, 0) is 6.42 Å².